The number of para-hydroxylation sites is 2. The SMILES string of the molecule is COCC1(CNC(c2cccc3c2C(=O)N(C2CCC(=O)NC2=O)C3=O)c2nnnn2-c2ccccc2OC)CCCC1. The number of fused-ring (bicyclic) bond motifs is 1. The lowest BCUT2D eigenvalue weighted by atomic mass is 9.86. The monoisotopic (exact) mass is 587 g/mol. The molecule has 2 unspecified atom stereocenters. The van der Waals surface area contributed by atoms with E-state index in [1.807, 2.05) is 18.2 Å². The highest BCUT2D eigenvalue weighted by Gasteiger charge is 2.47. The molecular weight excluding hydrogens is 554 g/mol. The summed E-state index contributed by atoms with van der Waals surface area (Å²) in [5, 5.41) is 18.5. The van der Waals surface area contributed by atoms with E-state index >= 15 is 0 Å². The zero-order chi connectivity index (χ0) is 30.1. The average Bonchev–Trinajstić information content (AvgIpc) is 3.74. The summed E-state index contributed by atoms with van der Waals surface area (Å²) in [5.41, 5.74) is 1.34. The summed E-state index contributed by atoms with van der Waals surface area (Å²) in [4.78, 5) is 53.1. The Morgan fingerprint density at radius 1 is 1.05 bits per heavy atom. The molecule has 1 aromatic heterocycles. The number of ether oxygens (including phenoxy) is 2. The van der Waals surface area contributed by atoms with Gasteiger partial charge in [0.15, 0.2) is 5.82 Å². The molecule has 0 bridgehead atoms. The molecule has 1 aliphatic carbocycles. The van der Waals surface area contributed by atoms with Gasteiger partial charge in [0.2, 0.25) is 11.8 Å². The van der Waals surface area contributed by atoms with E-state index in [1.54, 1.807) is 43.2 Å². The Kier molecular flexibility index (Phi) is 7.75. The quantitative estimate of drug-likeness (QED) is 0.336. The fourth-order valence-corrected chi connectivity index (χ4v) is 6.59. The minimum absolute atomic E-state index is 0.0378. The van der Waals surface area contributed by atoms with Crippen molar-refractivity contribution in [3.8, 4) is 11.4 Å². The molecule has 1 saturated carbocycles. The van der Waals surface area contributed by atoms with Crippen LogP contribution in [0, 0.1) is 5.41 Å². The minimum atomic E-state index is -1.08. The first-order valence-corrected chi connectivity index (χ1v) is 14.4. The van der Waals surface area contributed by atoms with E-state index in [2.05, 4.69) is 26.2 Å². The van der Waals surface area contributed by atoms with Crippen LogP contribution in [-0.2, 0) is 14.3 Å². The number of hydrogen-bond acceptors (Lipinski definition) is 10. The highest BCUT2D eigenvalue weighted by Crippen LogP contribution is 2.40. The van der Waals surface area contributed by atoms with Crippen LogP contribution in [0.4, 0.5) is 0 Å². The van der Waals surface area contributed by atoms with Crippen LogP contribution in [0.2, 0.25) is 0 Å². The summed E-state index contributed by atoms with van der Waals surface area (Å²) >= 11 is 0. The van der Waals surface area contributed by atoms with E-state index in [4.69, 9.17) is 9.47 Å². The largest absolute Gasteiger partial charge is 0.494 e. The molecular formula is C30H33N7O6. The van der Waals surface area contributed by atoms with Gasteiger partial charge in [-0.25, -0.2) is 0 Å². The van der Waals surface area contributed by atoms with Gasteiger partial charge >= 0.3 is 0 Å². The zero-order valence-electron chi connectivity index (χ0n) is 24.0. The molecule has 1 saturated heterocycles. The fraction of sp³-hybridized carbons (Fsp3) is 0.433. The number of nitrogens with one attached hydrogen (secondary N) is 2. The van der Waals surface area contributed by atoms with E-state index < -0.39 is 35.7 Å². The predicted octanol–water partition coefficient (Wildman–Crippen LogP) is 1.96. The number of carbonyl (C=O) groups excluding carboxylic acids is 4. The number of aromatic nitrogens is 4. The molecule has 2 aliphatic heterocycles. The van der Waals surface area contributed by atoms with Crippen molar-refractivity contribution in [3.63, 3.8) is 0 Å². The van der Waals surface area contributed by atoms with Crippen molar-refractivity contribution in [2.45, 2.75) is 50.6 Å². The average molecular weight is 588 g/mol. The van der Waals surface area contributed by atoms with Crippen LogP contribution in [0.25, 0.3) is 5.69 Å². The predicted molar refractivity (Wildman–Crippen MR) is 151 cm³/mol. The highest BCUT2D eigenvalue weighted by molar-refractivity contribution is 6.24. The Balaban J connectivity index is 1.44. The number of tetrazole rings is 1. The van der Waals surface area contributed by atoms with Crippen LogP contribution in [0.3, 0.4) is 0 Å². The number of amides is 4. The lowest BCUT2D eigenvalue weighted by molar-refractivity contribution is -0.136. The summed E-state index contributed by atoms with van der Waals surface area (Å²) in [7, 11) is 3.25. The standard InChI is InChI=1S/C30H33N7O6/c1-42-17-30(14-5-6-15-30)16-31-25(26-33-34-35-37(26)20-10-3-4-11-22(20)43-2)18-8-7-9-19-24(18)29(41)36(28(19)40)21-12-13-23(38)32-27(21)39/h3-4,7-11,21,25,31H,5-6,12-17H2,1-2H3,(H,32,38,39). The molecule has 2 fully saturated rings. The fourth-order valence-electron chi connectivity index (χ4n) is 6.59. The minimum Gasteiger partial charge on any atom is -0.494 e. The van der Waals surface area contributed by atoms with E-state index in [-0.39, 0.29) is 29.4 Å². The Morgan fingerprint density at radius 2 is 1.84 bits per heavy atom. The van der Waals surface area contributed by atoms with Gasteiger partial charge in [0.05, 0.1) is 30.9 Å². The van der Waals surface area contributed by atoms with E-state index in [1.165, 1.54) is 0 Å². The molecule has 0 spiro atoms. The summed E-state index contributed by atoms with van der Waals surface area (Å²) in [6.07, 6.45) is 4.23. The van der Waals surface area contributed by atoms with Crippen molar-refractivity contribution in [1.29, 1.82) is 0 Å². The molecule has 3 aromatic rings. The Morgan fingerprint density at radius 3 is 2.58 bits per heavy atom. The maximum absolute atomic E-state index is 14.0. The van der Waals surface area contributed by atoms with Gasteiger partial charge in [0, 0.05) is 25.5 Å². The first-order valence-electron chi connectivity index (χ1n) is 14.4. The number of rotatable bonds is 10. The normalized spacial score (nSPS) is 20.3. The summed E-state index contributed by atoms with van der Waals surface area (Å²) in [5.74, 6) is -1.32. The first kappa shape index (κ1) is 28.6. The van der Waals surface area contributed by atoms with Crippen LogP contribution < -0.4 is 15.4 Å². The number of carbonyl (C=O) groups is 4. The molecule has 2 N–H and O–H groups in total. The molecule has 3 heterocycles. The molecule has 2 atom stereocenters. The summed E-state index contributed by atoms with van der Waals surface area (Å²) < 4.78 is 12.8. The number of benzene rings is 2. The maximum Gasteiger partial charge on any atom is 0.262 e. The van der Waals surface area contributed by atoms with Crippen molar-refractivity contribution in [2.75, 3.05) is 27.4 Å². The smallest absolute Gasteiger partial charge is 0.262 e. The Labute approximate surface area is 247 Å². The van der Waals surface area contributed by atoms with Crippen LogP contribution in [0.15, 0.2) is 42.5 Å². The van der Waals surface area contributed by atoms with Crippen LogP contribution in [0.1, 0.15) is 76.7 Å². The Bertz CT molecular complexity index is 1580. The number of imide groups is 2. The second-order valence-electron chi connectivity index (χ2n) is 11.3. The molecule has 224 valence electrons. The number of hydrogen-bond donors (Lipinski definition) is 2. The molecule has 43 heavy (non-hydrogen) atoms. The molecule has 6 rings (SSSR count). The van der Waals surface area contributed by atoms with Crippen molar-refractivity contribution in [3.05, 3.63) is 65.0 Å². The third-order valence-electron chi connectivity index (χ3n) is 8.67. The third kappa shape index (κ3) is 5.08. The van der Waals surface area contributed by atoms with Gasteiger partial charge < -0.3 is 14.8 Å². The highest BCUT2D eigenvalue weighted by atomic mass is 16.5. The molecule has 4 amide bonds. The van der Waals surface area contributed by atoms with E-state index in [0.717, 1.165) is 30.6 Å². The van der Waals surface area contributed by atoms with E-state index in [9.17, 15) is 19.2 Å². The van der Waals surface area contributed by atoms with Crippen molar-refractivity contribution in [1.82, 2.24) is 35.7 Å². The van der Waals surface area contributed by atoms with Gasteiger partial charge in [-0.2, -0.15) is 4.68 Å². The van der Waals surface area contributed by atoms with Gasteiger partial charge in [0.1, 0.15) is 17.5 Å². The molecule has 0 radical (unpaired) electrons. The lowest BCUT2D eigenvalue weighted by Crippen LogP contribution is -2.54. The van der Waals surface area contributed by atoms with Gasteiger partial charge in [0.25, 0.3) is 11.8 Å². The number of nitrogens with zero attached hydrogens (tertiary/aromatic N) is 5. The molecule has 13 nitrogen and oxygen atoms in total. The molecule has 13 heteroatoms. The van der Waals surface area contributed by atoms with Crippen LogP contribution >= 0.6 is 0 Å². The lowest BCUT2D eigenvalue weighted by Gasteiger charge is -2.31. The summed E-state index contributed by atoms with van der Waals surface area (Å²) in [6.45, 7) is 1.12. The second-order valence-corrected chi connectivity index (χ2v) is 11.3. The van der Waals surface area contributed by atoms with Crippen LogP contribution in [-0.4, -0.2) is 82.1 Å². The summed E-state index contributed by atoms with van der Waals surface area (Å²) in [6, 6.07) is 10.6. The zero-order valence-corrected chi connectivity index (χ0v) is 24.0. The molecule has 2 aromatic carbocycles. The van der Waals surface area contributed by atoms with Gasteiger partial charge in [-0.1, -0.05) is 37.1 Å². The van der Waals surface area contributed by atoms with Gasteiger partial charge in [-0.3, -0.25) is 29.4 Å². The van der Waals surface area contributed by atoms with E-state index in [0.29, 0.717) is 36.0 Å². The second kappa shape index (κ2) is 11.7. The topological polar surface area (TPSA) is 158 Å². The van der Waals surface area contributed by atoms with Gasteiger partial charge in [-0.15, -0.1) is 5.10 Å². The van der Waals surface area contributed by atoms with Crippen LogP contribution in [0.5, 0.6) is 5.75 Å². The number of piperidine rings is 1. The maximum atomic E-state index is 14.0. The first-order chi connectivity index (χ1) is 20.9. The Hall–Kier alpha value is -4.49. The third-order valence-corrected chi connectivity index (χ3v) is 8.67. The number of methoxy groups -OCH3 is 2. The van der Waals surface area contributed by atoms with Crippen molar-refractivity contribution in [2.24, 2.45) is 5.41 Å². The molecule has 3 aliphatic rings. The van der Waals surface area contributed by atoms with Gasteiger partial charge in [-0.05, 0) is 53.5 Å². The van der Waals surface area contributed by atoms with Crippen molar-refractivity contribution < 1.29 is 28.7 Å². The van der Waals surface area contributed by atoms with Crippen molar-refractivity contribution >= 4 is 23.6 Å².